The summed E-state index contributed by atoms with van der Waals surface area (Å²) >= 11 is 0. The molecule has 5 aromatic rings. The maximum atomic E-state index is 13.8. The molecule has 0 aliphatic carbocycles. The van der Waals surface area contributed by atoms with Crippen molar-refractivity contribution in [3.05, 3.63) is 108 Å². The number of phenols is 1. The molecule has 0 saturated heterocycles. The smallest absolute Gasteiger partial charge is 0.294 e. The number of ether oxygens (including phenoxy) is 1. The SMILES string of the molecule is CNc1nccn2cc(C(=O)N3N=CC(c4ccc(S(=O)(=O)c5ccc(O)cc5)cc4)C3c3ccc(OC)cc3)nc12. The highest BCUT2D eigenvalue weighted by atomic mass is 32.2. The molecule has 3 heterocycles. The fourth-order valence-corrected chi connectivity index (χ4v) is 6.25. The monoisotopic (exact) mass is 582 g/mol. The number of hydrogen-bond acceptors (Lipinski definition) is 9. The molecule has 1 aliphatic rings. The fourth-order valence-electron chi connectivity index (χ4n) is 4.99. The molecular weight excluding hydrogens is 556 g/mol. The number of anilines is 1. The highest BCUT2D eigenvalue weighted by Crippen LogP contribution is 2.41. The molecule has 0 radical (unpaired) electrons. The lowest BCUT2D eigenvalue weighted by molar-refractivity contribution is 0.0696. The topological polar surface area (TPSA) is 138 Å². The van der Waals surface area contributed by atoms with Crippen molar-refractivity contribution < 1.29 is 23.1 Å². The largest absolute Gasteiger partial charge is 0.508 e. The minimum Gasteiger partial charge on any atom is -0.508 e. The zero-order chi connectivity index (χ0) is 29.4. The van der Waals surface area contributed by atoms with E-state index in [4.69, 9.17) is 4.74 Å². The number of sulfone groups is 1. The summed E-state index contributed by atoms with van der Waals surface area (Å²) < 4.78 is 33.3. The number of phenolic OH excluding ortho intramolecular Hbond substituents is 1. The Bertz CT molecular complexity index is 1900. The van der Waals surface area contributed by atoms with Gasteiger partial charge in [0.25, 0.3) is 5.91 Å². The van der Waals surface area contributed by atoms with Crippen LogP contribution in [0.15, 0.2) is 106 Å². The van der Waals surface area contributed by atoms with Gasteiger partial charge in [-0.1, -0.05) is 24.3 Å². The summed E-state index contributed by atoms with van der Waals surface area (Å²) in [7, 11) is -0.480. The fraction of sp³-hybridized carbons (Fsp3) is 0.133. The van der Waals surface area contributed by atoms with Crippen LogP contribution in [0.5, 0.6) is 11.5 Å². The molecule has 2 N–H and O–H groups in total. The van der Waals surface area contributed by atoms with E-state index in [2.05, 4.69) is 20.4 Å². The zero-order valence-corrected chi connectivity index (χ0v) is 23.4. The van der Waals surface area contributed by atoms with Crippen LogP contribution in [-0.2, 0) is 9.84 Å². The Morgan fingerprint density at radius 2 is 1.60 bits per heavy atom. The van der Waals surface area contributed by atoms with Crippen LogP contribution in [0.1, 0.15) is 33.6 Å². The van der Waals surface area contributed by atoms with Crippen LogP contribution in [0.2, 0.25) is 0 Å². The van der Waals surface area contributed by atoms with Gasteiger partial charge in [-0.2, -0.15) is 5.10 Å². The van der Waals surface area contributed by atoms with Crippen molar-refractivity contribution in [2.75, 3.05) is 19.5 Å². The number of nitrogens with zero attached hydrogens (tertiary/aromatic N) is 5. The molecule has 212 valence electrons. The molecule has 1 amide bonds. The molecule has 0 spiro atoms. The highest BCUT2D eigenvalue weighted by Gasteiger charge is 2.38. The first-order valence-corrected chi connectivity index (χ1v) is 14.5. The minimum atomic E-state index is -3.79. The van der Waals surface area contributed by atoms with Crippen LogP contribution in [0.4, 0.5) is 5.82 Å². The number of hydrogen-bond donors (Lipinski definition) is 2. The Hall–Kier alpha value is -5.23. The van der Waals surface area contributed by atoms with Crippen molar-refractivity contribution in [1.29, 1.82) is 0 Å². The van der Waals surface area contributed by atoms with Crippen molar-refractivity contribution in [2.45, 2.75) is 21.8 Å². The quantitative estimate of drug-likeness (QED) is 0.290. The number of imidazole rings is 1. The van der Waals surface area contributed by atoms with Crippen LogP contribution < -0.4 is 10.1 Å². The predicted octanol–water partition coefficient (Wildman–Crippen LogP) is 4.28. The number of carbonyl (C=O) groups excluding carboxylic acids is 1. The molecule has 2 atom stereocenters. The number of fused-ring (bicyclic) bond motifs is 1. The van der Waals surface area contributed by atoms with E-state index in [0.717, 1.165) is 11.1 Å². The van der Waals surface area contributed by atoms with Gasteiger partial charge in [0.05, 0.1) is 22.9 Å². The molecule has 0 saturated carbocycles. The van der Waals surface area contributed by atoms with Crippen LogP contribution in [0, 0.1) is 0 Å². The molecule has 12 heteroatoms. The van der Waals surface area contributed by atoms with Gasteiger partial charge < -0.3 is 19.6 Å². The second kappa shape index (κ2) is 10.6. The van der Waals surface area contributed by atoms with E-state index in [1.54, 1.807) is 55.5 Å². The van der Waals surface area contributed by atoms with Gasteiger partial charge in [0.15, 0.2) is 11.5 Å². The number of rotatable bonds is 7. The number of carbonyl (C=O) groups is 1. The Balaban J connectivity index is 1.35. The number of methoxy groups -OCH3 is 1. The summed E-state index contributed by atoms with van der Waals surface area (Å²) in [5.41, 5.74) is 2.30. The highest BCUT2D eigenvalue weighted by molar-refractivity contribution is 7.91. The summed E-state index contributed by atoms with van der Waals surface area (Å²) in [5, 5.41) is 18.4. The molecule has 1 aliphatic heterocycles. The lowest BCUT2D eigenvalue weighted by Gasteiger charge is -2.26. The maximum absolute atomic E-state index is 13.8. The van der Waals surface area contributed by atoms with Crippen LogP contribution >= 0.6 is 0 Å². The number of aromatic nitrogens is 3. The Morgan fingerprint density at radius 3 is 2.24 bits per heavy atom. The lowest BCUT2D eigenvalue weighted by atomic mass is 9.88. The molecule has 2 aromatic heterocycles. The van der Waals surface area contributed by atoms with E-state index in [1.165, 1.54) is 41.4 Å². The summed E-state index contributed by atoms with van der Waals surface area (Å²) in [4.78, 5) is 22.8. The van der Waals surface area contributed by atoms with E-state index in [-0.39, 0.29) is 27.2 Å². The van der Waals surface area contributed by atoms with Crippen LogP contribution in [0.3, 0.4) is 0 Å². The van der Waals surface area contributed by atoms with E-state index in [1.807, 2.05) is 24.3 Å². The summed E-state index contributed by atoms with van der Waals surface area (Å²) in [6, 6.07) is 18.8. The number of amides is 1. The van der Waals surface area contributed by atoms with E-state index in [9.17, 15) is 18.3 Å². The van der Waals surface area contributed by atoms with E-state index < -0.39 is 21.8 Å². The number of benzene rings is 3. The van der Waals surface area contributed by atoms with Crippen molar-refractivity contribution in [2.24, 2.45) is 5.10 Å². The molecule has 11 nitrogen and oxygen atoms in total. The summed E-state index contributed by atoms with van der Waals surface area (Å²) in [6.45, 7) is 0. The van der Waals surface area contributed by atoms with Crippen LogP contribution in [-0.4, -0.2) is 59.2 Å². The maximum Gasteiger partial charge on any atom is 0.294 e. The standard InChI is InChI=1S/C30H26N6O5S/c1-31-28-29-34-26(18-35(29)16-15-32-28)30(38)36-27(20-3-9-22(41-2)10-4-20)25(17-33-36)19-5-11-23(12-6-19)42(39,40)24-13-7-21(37)8-14-24/h3-18,25,27,37H,1-2H3,(H,31,32). The minimum absolute atomic E-state index is 0.0173. The summed E-state index contributed by atoms with van der Waals surface area (Å²) in [6.07, 6.45) is 6.65. The normalized spacial score (nSPS) is 16.6. The first-order valence-electron chi connectivity index (χ1n) is 13.0. The number of nitrogens with one attached hydrogen (secondary N) is 1. The average molecular weight is 583 g/mol. The Kier molecular flexibility index (Phi) is 6.83. The average Bonchev–Trinajstić information content (AvgIpc) is 3.66. The second-order valence-corrected chi connectivity index (χ2v) is 11.6. The molecular formula is C30H26N6O5S. The Morgan fingerprint density at radius 1 is 0.952 bits per heavy atom. The molecule has 6 rings (SSSR count). The number of hydrazone groups is 1. The molecule has 0 fully saturated rings. The van der Waals surface area contributed by atoms with Crippen molar-refractivity contribution >= 4 is 33.4 Å². The van der Waals surface area contributed by atoms with E-state index in [0.29, 0.717) is 17.2 Å². The van der Waals surface area contributed by atoms with Crippen molar-refractivity contribution in [1.82, 2.24) is 19.4 Å². The van der Waals surface area contributed by atoms with Crippen LogP contribution in [0.25, 0.3) is 5.65 Å². The van der Waals surface area contributed by atoms with Gasteiger partial charge in [0.2, 0.25) is 9.84 Å². The first kappa shape index (κ1) is 27.0. The van der Waals surface area contributed by atoms with Gasteiger partial charge in [-0.3, -0.25) is 4.79 Å². The van der Waals surface area contributed by atoms with Crippen molar-refractivity contribution in [3.63, 3.8) is 0 Å². The lowest BCUT2D eigenvalue weighted by Crippen LogP contribution is -2.30. The Labute approximate surface area is 241 Å². The molecule has 3 aromatic carbocycles. The third-order valence-electron chi connectivity index (χ3n) is 7.17. The predicted molar refractivity (Wildman–Crippen MR) is 156 cm³/mol. The zero-order valence-electron chi connectivity index (χ0n) is 22.6. The van der Waals surface area contributed by atoms with Gasteiger partial charge in [0.1, 0.15) is 17.2 Å². The van der Waals surface area contributed by atoms with Crippen molar-refractivity contribution in [3.8, 4) is 11.5 Å². The third-order valence-corrected chi connectivity index (χ3v) is 8.96. The van der Waals surface area contributed by atoms with Gasteiger partial charge in [-0.25, -0.2) is 23.4 Å². The second-order valence-electron chi connectivity index (χ2n) is 9.61. The molecule has 0 bridgehead atoms. The van der Waals surface area contributed by atoms with E-state index >= 15 is 0 Å². The van der Waals surface area contributed by atoms with Gasteiger partial charge in [0, 0.05) is 37.8 Å². The third kappa shape index (κ3) is 4.71. The summed E-state index contributed by atoms with van der Waals surface area (Å²) in [5.74, 6) is 0.416. The van der Waals surface area contributed by atoms with Gasteiger partial charge in [-0.05, 0) is 59.7 Å². The van der Waals surface area contributed by atoms with Gasteiger partial charge >= 0.3 is 0 Å². The molecule has 2 unspecified atom stereocenters. The molecule has 42 heavy (non-hydrogen) atoms. The van der Waals surface area contributed by atoms with Gasteiger partial charge in [-0.15, -0.1) is 0 Å². The first-order chi connectivity index (χ1) is 20.3. The number of aromatic hydroxyl groups is 1.